The van der Waals surface area contributed by atoms with Gasteiger partial charge in [-0.1, -0.05) is 0 Å². The fraction of sp³-hybridized carbons (Fsp3) is 0.471. The minimum absolute atomic E-state index is 0. The predicted molar refractivity (Wildman–Crippen MR) is 98.1 cm³/mol. The lowest BCUT2D eigenvalue weighted by Gasteiger charge is -2.20. The lowest BCUT2D eigenvalue weighted by molar-refractivity contribution is 0.0695. The van der Waals surface area contributed by atoms with E-state index >= 15 is 0 Å². The molecule has 1 saturated heterocycles. The summed E-state index contributed by atoms with van der Waals surface area (Å²) in [7, 11) is 1.87. The summed E-state index contributed by atoms with van der Waals surface area (Å²) in [6.45, 7) is 1.33. The number of hydrogen-bond acceptors (Lipinski definition) is 5. The van der Waals surface area contributed by atoms with Crippen molar-refractivity contribution in [3.63, 3.8) is 0 Å². The number of fused-ring (bicyclic) bond motifs is 1. The van der Waals surface area contributed by atoms with Crippen LogP contribution in [0.25, 0.3) is 11.0 Å². The van der Waals surface area contributed by atoms with Crippen molar-refractivity contribution in [3.8, 4) is 0 Å². The number of pyridine rings is 2. The second-order valence-corrected chi connectivity index (χ2v) is 6.70. The minimum atomic E-state index is -1.30. The Morgan fingerprint density at radius 1 is 1.38 bits per heavy atom. The molecule has 2 fully saturated rings. The highest BCUT2D eigenvalue weighted by Crippen LogP contribution is 2.37. The summed E-state index contributed by atoms with van der Waals surface area (Å²) < 4.78 is 16.4. The lowest BCUT2D eigenvalue weighted by atomic mass is 10.2. The summed E-state index contributed by atoms with van der Waals surface area (Å²) in [5, 5.41) is 12.5. The van der Waals surface area contributed by atoms with Crippen LogP contribution in [0.3, 0.4) is 0 Å². The van der Waals surface area contributed by atoms with Crippen molar-refractivity contribution in [1.82, 2.24) is 14.9 Å². The zero-order valence-corrected chi connectivity index (χ0v) is 15.1. The molecule has 2 aliphatic rings. The van der Waals surface area contributed by atoms with Crippen LogP contribution in [0, 0.1) is 5.82 Å². The Hall–Kier alpha value is -2.19. The Balaban J connectivity index is 0.00000196. The molecule has 0 spiro atoms. The average molecular weight is 383 g/mol. The van der Waals surface area contributed by atoms with Crippen LogP contribution >= 0.6 is 12.4 Å². The molecular weight excluding hydrogens is 363 g/mol. The molecular formula is C17H20ClFN4O3. The molecule has 9 heteroatoms. The van der Waals surface area contributed by atoms with Gasteiger partial charge in [0.1, 0.15) is 11.2 Å². The van der Waals surface area contributed by atoms with E-state index < -0.39 is 17.2 Å². The number of aromatic nitrogens is 2. The number of rotatable bonds is 4. The number of carbonyl (C=O) groups is 1. The summed E-state index contributed by atoms with van der Waals surface area (Å²) in [5.74, 6) is -1.67. The first-order valence-electron chi connectivity index (χ1n) is 8.40. The van der Waals surface area contributed by atoms with E-state index in [1.165, 1.54) is 6.20 Å². The Morgan fingerprint density at radius 3 is 2.69 bits per heavy atom. The number of anilines is 1. The highest BCUT2D eigenvalue weighted by atomic mass is 35.5. The van der Waals surface area contributed by atoms with Gasteiger partial charge in [-0.3, -0.25) is 4.79 Å². The van der Waals surface area contributed by atoms with Crippen molar-refractivity contribution >= 4 is 35.2 Å². The van der Waals surface area contributed by atoms with Gasteiger partial charge in [-0.2, -0.15) is 0 Å². The van der Waals surface area contributed by atoms with Crippen LogP contribution in [0.15, 0.2) is 17.1 Å². The van der Waals surface area contributed by atoms with Gasteiger partial charge in [-0.15, -0.1) is 12.4 Å². The van der Waals surface area contributed by atoms with Crippen molar-refractivity contribution in [3.05, 3.63) is 33.9 Å². The molecule has 1 atom stereocenters. The van der Waals surface area contributed by atoms with Crippen molar-refractivity contribution in [2.75, 3.05) is 25.0 Å². The van der Waals surface area contributed by atoms with Crippen molar-refractivity contribution < 1.29 is 14.3 Å². The first-order chi connectivity index (χ1) is 12.0. The maximum atomic E-state index is 14.6. The van der Waals surface area contributed by atoms with Gasteiger partial charge >= 0.3 is 5.97 Å². The molecule has 1 unspecified atom stereocenters. The molecule has 140 valence electrons. The first kappa shape index (κ1) is 18.6. The number of carboxylic acid groups (broad SMARTS) is 1. The fourth-order valence-electron chi connectivity index (χ4n) is 3.43. The SMILES string of the molecule is CNC1CCN(c2nc3c(cc2F)c(=O)c(C(=O)O)cn3C2CC2)C1.Cl. The molecule has 1 aliphatic heterocycles. The minimum Gasteiger partial charge on any atom is -0.477 e. The third-order valence-electron chi connectivity index (χ3n) is 5.01. The summed E-state index contributed by atoms with van der Waals surface area (Å²) in [6, 6.07) is 1.53. The summed E-state index contributed by atoms with van der Waals surface area (Å²) in [5.41, 5.74) is -0.668. The van der Waals surface area contributed by atoms with Gasteiger partial charge in [0.15, 0.2) is 11.6 Å². The largest absolute Gasteiger partial charge is 0.477 e. The van der Waals surface area contributed by atoms with Crippen molar-refractivity contribution in [2.24, 2.45) is 0 Å². The van der Waals surface area contributed by atoms with E-state index in [0.717, 1.165) is 25.3 Å². The second kappa shape index (κ2) is 6.85. The van der Waals surface area contributed by atoms with E-state index in [-0.39, 0.29) is 41.3 Å². The number of nitrogens with one attached hydrogen (secondary N) is 1. The van der Waals surface area contributed by atoms with Crippen LogP contribution in [0.5, 0.6) is 0 Å². The molecule has 1 saturated carbocycles. The van der Waals surface area contributed by atoms with Gasteiger partial charge < -0.3 is 19.9 Å². The maximum Gasteiger partial charge on any atom is 0.341 e. The lowest BCUT2D eigenvalue weighted by Crippen LogP contribution is -2.30. The molecule has 1 aliphatic carbocycles. The number of likely N-dealkylation sites (N-methyl/N-ethyl adjacent to an activating group) is 1. The zero-order chi connectivity index (χ0) is 17.7. The highest BCUT2D eigenvalue weighted by Gasteiger charge is 2.30. The molecule has 0 radical (unpaired) electrons. The van der Waals surface area contributed by atoms with Crippen LogP contribution in [-0.4, -0.2) is 46.8 Å². The molecule has 0 bridgehead atoms. The van der Waals surface area contributed by atoms with E-state index in [0.29, 0.717) is 18.7 Å². The summed E-state index contributed by atoms with van der Waals surface area (Å²) in [6.07, 6.45) is 4.04. The normalized spacial score (nSPS) is 19.6. The van der Waals surface area contributed by atoms with E-state index in [1.807, 2.05) is 11.9 Å². The number of aromatic carboxylic acids is 1. The number of carboxylic acids is 1. The van der Waals surface area contributed by atoms with E-state index in [4.69, 9.17) is 0 Å². The molecule has 0 aromatic carbocycles. The second-order valence-electron chi connectivity index (χ2n) is 6.70. The Kier molecular flexibility index (Phi) is 4.90. The van der Waals surface area contributed by atoms with Crippen LogP contribution < -0.4 is 15.6 Å². The standard InChI is InChI=1S/C17H19FN4O3.ClH/c1-19-9-4-5-21(7-9)16-13(18)6-11-14(23)12(17(24)25)8-22(10-2-3-10)15(11)20-16;/h6,8-10,19H,2-5,7H2,1H3,(H,24,25);1H. The van der Waals surface area contributed by atoms with Crippen LogP contribution in [-0.2, 0) is 0 Å². The average Bonchev–Trinajstić information content (AvgIpc) is 3.31. The zero-order valence-electron chi connectivity index (χ0n) is 14.2. The highest BCUT2D eigenvalue weighted by molar-refractivity contribution is 5.92. The van der Waals surface area contributed by atoms with Crippen LogP contribution in [0.1, 0.15) is 35.7 Å². The third kappa shape index (κ3) is 3.03. The molecule has 26 heavy (non-hydrogen) atoms. The summed E-state index contributed by atoms with van der Waals surface area (Å²) in [4.78, 5) is 30.1. The van der Waals surface area contributed by atoms with Crippen molar-refractivity contribution in [1.29, 1.82) is 0 Å². The predicted octanol–water partition coefficient (Wildman–Crippen LogP) is 1.79. The molecule has 7 nitrogen and oxygen atoms in total. The maximum absolute atomic E-state index is 14.6. The van der Waals surface area contributed by atoms with Gasteiger partial charge in [0.05, 0.1) is 5.39 Å². The molecule has 2 aromatic heterocycles. The van der Waals surface area contributed by atoms with Crippen LogP contribution in [0.4, 0.5) is 10.2 Å². The van der Waals surface area contributed by atoms with Crippen LogP contribution in [0.2, 0.25) is 0 Å². The first-order valence-corrected chi connectivity index (χ1v) is 8.40. The Morgan fingerprint density at radius 2 is 2.12 bits per heavy atom. The van der Waals surface area contributed by atoms with Gasteiger partial charge in [-0.25, -0.2) is 14.2 Å². The molecule has 4 rings (SSSR count). The molecule has 2 aromatic rings. The fourth-order valence-corrected chi connectivity index (χ4v) is 3.43. The van der Waals surface area contributed by atoms with Gasteiger partial charge in [0, 0.05) is 31.4 Å². The third-order valence-corrected chi connectivity index (χ3v) is 5.01. The smallest absolute Gasteiger partial charge is 0.341 e. The van der Waals surface area contributed by atoms with E-state index in [1.54, 1.807) is 4.57 Å². The van der Waals surface area contributed by atoms with Crippen molar-refractivity contribution in [2.45, 2.75) is 31.3 Å². The van der Waals surface area contributed by atoms with E-state index in [2.05, 4.69) is 10.3 Å². The molecule has 2 N–H and O–H groups in total. The number of nitrogens with zero attached hydrogens (tertiary/aromatic N) is 3. The van der Waals surface area contributed by atoms with E-state index in [9.17, 15) is 19.1 Å². The molecule has 3 heterocycles. The molecule has 0 amide bonds. The van der Waals surface area contributed by atoms with Gasteiger partial charge in [0.2, 0.25) is 5.43 Å². The number of halogens is 2. The Labute approximate surface area is 155 Å². The summed E-state index contributed by atoms with van der Waals surface area (Å²) >= 11 is 0. The topological polar surface area (TPSA) is 87.5 Å². The van der Waals surface area contributed by atoms with Gasteiger partial charge in [-0.05, 0) is 32.4 Å². The monoisotopic (exact) mass is 382 g/mol. The van der Waals surface area contributed by atoms with Gasteiger partial charge in [0.25, 0.3) is 0 Å². The number of hydrogen-bond donors (Lipinski definition) is 2. The Bertz CT molecular complexity index is 928. The quantitative estimate of drug-likeness (QED) is 0.838.